The quantitative estimate of drug-likeness (QED) is 0.0229. The molecule has 7 amide bonds. The maximum atomic E-state index is 13.5. The third-order valence-corrected chi connectivity index (χ3v) is 10.2. The molecule has 2 rings (SSSR count). The van der Waals surface area contributed by atoms with Crippen LogP contribution in [0, 0.1) is 12.8 Å². The molecule has 25 nitrogen and oxygen atoms in total. The number of amides is 7. The number of likely N-dealkylation sites (tertiary alicyclic amines) is 1. The molecular weight excluding hydrogens is 933 g/mol. The van der Waals surface area contributed by atoms with Crippen LogP contribution in [0.3, 0.4) is 0 Å². The van der Waals surface area contributed by atoms with Crippen LogP contribution in [0.2, 0.25) is 0 Å². The molecule has 0 spiro atoms. The first-order valence-electron chi connectivity index (χ1n) is 24.1. The zero-order valence-electron chi connectivity index (χ0n) is 41.4. The predicted octanol–water partition coefficient (Wildman–Crippen LogP) is 0.838. The van der Waals surface area contributed by atoms with Gasteiger partial charge in [0.15, 0.2) is 0 Å². The van der Waals surface area contributed by atoms with Gasteiger partial charge in [0.05, 0.1) is 125 Å². The molecule has 1 fully saturated rings. The summed E-state index contributed by atoms with van der Waals surface area (Å²) in [4.78, 5) is 81.4. The number of carbonyl (C=O) groups is 6. The molecule has 1 aromatic rings. The lowest BCUT2D eigenvalue weighted by atomic mass is 10.0. The Hall–Kier alpha value is -5.21. The molecule has 0 saturated carbocycles. The average Bonchev–Trinajstić information content (AvgIpc) is 3.85. The molecule has 1 aliphatic rings. The SMILES string of the molecule is [CH2]c1ccc(NC(=O)[C@@H]2CCCN2C(=O)CNC(=O)[C@H](CCCNC(N)=O)NC(=O)[C@@H](NC(=O)CCOCCOCCOCCOCCOCCOCCOCCOCCOCCN=[N+]=[N-])C(C)C)cc1. The monoisotopic (exact) mass is 1010 g/mol. The second-order valence-electron chi connectivity index (χ2n) is 16.1. The maximum Gasteiger partial charge on any atom is 0.312 e. The molecule has 3 atom stereocenters. The van der Waals surface area contributed by atoms with Gasteiger partial charge in [-0.25, -0.2) is 4.79 Å². The van der Waals surface area contributed by atoms with Crippen LogP contribution in [-0.4, -0.2) is 204 Å². The average molecular weight is 1010 g/mol. The van der Waals surface area contributed by atoms with Gasteiger partial charge in [0.1, 0.15) is 18.1 Å². The predicted molar refractivity (Wildman–Crippen MR) is 259 cm³/mol. The van der Waals surface area contributed by atoms with E-state index >= 15 is 0 Å². The molecule has 401 valence electrons. The fourth-order valence-corrected chi connectivity index (χ4v) is 6.54. The number of hydrogen-bond donors (Lipinski definition) is 6. The Morgan fingerprint density at radius 1 is 0.718 bits per heavy atom. The first-order chi connectivity index (χ1) is 34.4. The Bertz CT molecular complexity index is 1710. The Kier molecular flexibility index (Phi) is 35.2. The molecule has 1 aromatic carbocycles. The number of benzene rings is 1. The van der Waals surface area contributed by atoms with Crippen molar-refractivity contribution in [2.45, 2.75) is 64.1 Å². The van der Waals surface area contributed by atoms with Gasteiger partial charge < -0.3 is 79.8 Å². The zero-order chi connectivity index (χ0) is 51.7. The summed E-state index contributed by atoms with van der Waals surface area (Å²) < 4.78 is 49.0. The number of nitrogens with two attached hydrogens (primary N) is 1. The van der Waals surface area contributed by atoms with E-state index in [2.05, 4.69) is 43.5 Å². The van der Waals surface area contributed by atoms with Crippen LogP contribution >= 0.6 is 0 Å². The highest BCUT2D eigenvalue weighted by atomic mass is 16.6. The molecule has 0 bridgehead atoms. The minimum atomic E-state index is -1.12. The molecule has 0 aromatic heterocycles. The second kappa shape index (κ2) is 40.4. The van der Waals surface area contributed by atoms with Gasteiger partial charge in [-0.15, -0.1) is 0 Å². The van der Waals surface area contributed by atoms with E-state index in [0.717, 1.165) is 5.56 Å². The smallest absolute Gasteiger partial charge is 0.312 e. The van der Waals surface area contributed by atoms with Crippen molar-refractivity contribution in [3.05, 3.63) is 47.2 Å². The van der Waals surface area contributed by atoms with Gasteiger partial charge in [0.2, 0.25) is 29.5 Å². The van der Waals surface area contributed by atoms with Gasteiger partial charge in [0, 0.05) is 36.7 Å². The van der Waals surface area contributed by atoms with Gasteiger partial charge in [0.25, 0.3) is 0 Å². The number of nitrogens with one attached hydrogen (secondary N) is 5. The van der Waals surface area contributed by atoms with Crippen molar-refractivity contribution in [1.29, 1.82) is 0 Å². The van der Waals surface area contributed by atoms with Gasteiger partial charge in [-0.1, -0.05) is 31.1 Å². The number of ether oxygens (including phenoxy) is 9. The van der Waals surface area contributed by atoms with Gasteiger partial charge in [-0.2, -0.15) is 0 Å². The van der Waals surface area contributed by atoms with Gasteiger partial charge in [-0.05, 0) is 61.8 Å². The molecule has 25 heteroatoms. The summed E-state index contributed by atoms with van der Waals surface area (Å²) in [7, 11) is 0. The third kappa shape index (κ3) is 31.0. The second-order valence-corrected chi connectivity index (χ2v) is 16.1. The van der Waals surface area contributed by atoms with E-state index in [1.807, 2.05) is 0 Å². The maximum absolute atomic E-state index is 13.5. The summed E-state index contributed by atoms with van der Waals surface area (Å²) in [5, 5.41) is 16.6. The fraction of sp³-hybridized carbons (Fsp3) is 0.717. The number of rotatable bonds is 43. The molecule has 1 heterocycles. The summed E-state index contributed by atoms with van der Waals surface area (Å²) in [6, 6.07) is 3.37. The highest BCUT2D eigenvalue weighted by molar-refractivity contribution is 5.98. The normalized spacial score (nSPS) is 14.1. The third-order valence-electron chi connectivity index (χ3n) is 10.2. The van der Waals surface area contributed by atoms with Crippen LogP contribution in [0.4, 0.5) is 10.5 Å². The van der Waals surface area contributed by atoms with Crippen LogP contribution in [-0.2, 0) is 66.6 Å². The first kappa shape index (κ1) is 61.9. The van der Waals surface area contributed by atoms with E-state index in [1.54, 1.807) is 38.1 Å². The highest BCUT2D eigenvalue weighted by Crippen LogP contribution is 2.20. The van der Waals surface area contributed by atoms with Crippen molar-refractivity contribution in [2.75, 3.05) is 150 Å². The first-order valence-corrected chi connectivity index (χ1v) is 24.1. The summed E-state index contributed by atoms with van der Waals surface area (Å²) in [5.41, 5.74) is 14.7. The van der Waals surface area contributed by atoms with E-state index in [4.69, 9.17) is 53.9 Å². The molecule has 1 radical (unpaired) electrons. The van der Waals surface area contributed by atoms with E-state index in [9.17, 15) is 28.8 Å². The Labute approximate surface area is 416 Å². The highest BCUT2D eigenvalue weighted by Gasteiger charge is 2.35. The van der Waals surface area contributed by atoms with Crippen LogP contribution < -0.4 is 32.3 Å². The van der Waals surface area contributed by atoms with Crippen molar-refractivity contribution in [2.24, 2.45) is 16.8 Å². The molecule has 1 saturated heterocycles. The van der Waals surface area contributed by atoms with Crippen molar-refractivity contribution in [3.63, 3.8) is 0 Å². The zero-order valence-corrected chi connectivity index (χ0v) is 41.4. The van der Waals surface area contributed by atoms with Crippen molar-refractivity contribution in [1.82, 2.24) is 26.2 Å². The lowest BCUT2D eigenvalue weighted by Gasteiger charge is -2.26. The molecule has 7 N–H and O–H groups in total. The van der Waals surface area contributed by atoms with Crippen LogP contribution in [0.25, 0.3) is 10.4 Å². The topological polar surface area (TPSA) is 324 Å². The summed E-state index contributed by atoms with van der Waals surface area (Å²) in [6.07, 6.45) is 1.38. The largest absolute Gasteiger partial charge is 0.379 e. The van der Waals surface area contributed by atoms with Crippen LogP contribution in [0.1, 0.15) is 51.5 Å². The van der Waals surface area contributed by atoms with Crippen LogP contribution in [0.15, 0.2) is 29.4 Å². The number of carbonyl (C=O) groups excluding carboxylic acids is 6. The summed E-state index contributed by atoms with van der Waals surface area (Å²) in [6.45, 7) is 14.5. The Morgan fingerprint density at radius 2 is 1.21 bits per heavy atom. The number of hydrogen-bond acceptors (Lipinski definition) is 16. The lowest BCUT2D eigenvalue weighted by molar-refractivity contribution is -0.138. The van der Waals surface area contributed by atoms with Gasteiger partial charge in [-0.3, -0.25) is 24.0 Å². The van der Waals surface area contributed by atoms with Crippen LogP contribution in [0.5, 0.6) is 0 Å². The van der Waals surface area contributed by atoms with E-state index < -0.39 is 54.3 Å². The number of urea groups is 1. The molecule has 1 aliphatic heterocycles. The van der Waals surface area contributed by atoms with E-state index in [1.165, 1.54) is 4.90 Å². The number of azide groups is 1. The Morgan fingerprint density at radius 3 is 1.69 bits per heavy atom. The molecule has 71 heavy (non-hydrogen) atoms. The number of anilines is 1. The molecular formula is C46H77N10O15. The minimum Gasteiger partial charge on any atom is -0.379 e. The molecule has 0 aliphatic carbocycles. The lowest BCUT2D eigenvalue weighted by Crippen LogP contribution is -2.56. The summed E-state index contributed by atoms with van der Waals surface area (Å²) >= 11 is 0. The minimum absolute atomic E-state index is 0.0310. The van der Waals surface area contributed by atoms with E-state index in [-0.39, 0.29) is 57.5 Å². The number of nitrogens with zero attached hydrogens (tertiary/aromatic N) is 4. The van der Waals surface area contributed by atoms with Crippen molar-refractivity contribution in [3.8, 4) is 0 Å². The van der Waals surface area contributed by atoms with Crippen molar-refractivity contribution < 1.29 is 71.4 Å². The standard InChI is InChI=1S/C46H77N10O15/c1-35(2)42(45(61)53-38(6-4-13-49-46(47)62)43(59)50-34-41(58)56-15-5-7-39(56)44(60)52-37-10-8-36(3)9-11-37)54-40(57)12-16-63-18-20-65-22-24-67-26-28-69-30-32-71-33-31-70-29-27-68-25-23-66-21-19-64-17-14-51-55-48/h8-11,35,38-39,42H,3-7,12-34H2,1-2H3,(H,50,59)(H,52,60)(H,53,61)(H,54,57)(H3,47,49,62)/t38-,39-,42-/m0/s1. The van der Waals surface area contributed by atoms with Gasteiger partial charge >= 0.3 is 6.03 Å². The molecule has 0 unspecified atom stereocenters. The Balaban J connectivity index is 1.54. The summed E-state index contributed by atoms with van der Waals surface area (Å²) in [5.74, 6) is -2.87. The van der Waals surface area contributed by atoms with Crippen molar-refractivity contribution >= 4 is 41.3 Å². The fourth-order valence-electron chi connectivity index (χ4n) is 6.54. The van der Waals surface area contributed by atoms with E-state index in [0.29, 0.717) is 131 Å². The number of primary amides is 1.